The summed E-state index contributed by atoms with van der Waals surface area (Å²) in [5.41, 5.74) is 0. The summed E-state index contributed by atoms with van der Waals surface area (Å²) in [7, 11) is 1.50. The lowest BCUT2D eigenvalue weighted by molar-refractivity contribution is -0.137. The van der Waals surface area contributed by atoms with Gasteiger partial charge in [-0.05, 0) is 12.8 Å². The monoisotopic (exact) mass is 226 g/mol. The van der Waals surface area contributed by atoms with E-state index in [4.69, 9.17) is 0 Å². The number of carbonyl (C=O) groups excluding carboxylic acids is 2. The van der Waals surface area contributed by atoms with E-state index in [2.05, 4.69) is 5.32 Å². The maximum atomic E-state index is 11.7. The lowest BCUT2D eigenvalue weighted by Crippen LogP contribution is -2.49. The van der Waals surface area contributed by atoms with Crippen LogP contribution in [0, 0.1) is 0 Å². The second-order valence-electron chi connectivity index (χ2n) is 4.67. The molecule has 5 heteroatoms. The number of carbonyl (C=O) groups is 2. The molecule has 1 heterocycles. The molecule has 2 aliphatic rings. The Bertz CT molecular complexity index is 306. The molecule has 3 unspecified atom stereocenters. The van der Waals surface area contributed by atoms with Crippen molar-refractivity contribution in [2.75, 3.05) is 7.05 Å². The van der Waals surface area contributed by atoms with E-state index in [0.717, 1.165) is 30.6 Å². The summed E-state index contributed by atoms with van der Waals surface area (Å²) in [6, 6.07) is -0.475. The zero-order valence-corrected chi connectivity index (χ0v) is 9.48. The first-order valence-electron chi connectivity index (χ1n) is 5.84. The third kappa shape index (κ3) is 2.10. The van der Waals surface area contributed by atoms with Gasteiger partial charge in [0, 0.05) is 13.1 Å². The quantitative estimate of drug-likeness (QED) is 0.631. The molecule has 0 radical (unpaired) electrons. The van der Waals surface area contributed by atoms with E-state index in [1.165, 1.54) is 7.05 Å². The molecule has 1 saturated heterocycles. The summed E-state index contributed by atoms with van der Waals surface area (Å²) in [5.74, 6) is -0.324. The van der Waals surface area contributed by atoms with Gasteiger partial charge in [-0.3, -0.25) is 14.5 Å². The van der Waals surface area contributed by atoms with Crippen LogP contribution in [0.5, 0.6) is 0 Å². The van der Waals surface area contributed by atoms with E-state index < -0.39 is 6.04 Å². The zero-order valence-electron chi connectivity index (χ0n) is 9.48. The second kappa shape index (κ2) is 4.51. The number of likely N-dealkylation sites (N-methyl/N-ethyl adjacent to an activating group) is 1. The molecule has 0 aromatic carbocycles. The van der Waals surface area contributed by atoms with Crippen LogP contribution in [0.15, 0.2) is 0 Å². The van der Waals surface area contributed by atoms with Gasteiger partial charge in [-0.15, -0.1) is 0 Å². The van der Waals surface area contributed by atoms with E-state index in [1.807, 2.05) is 0 Å². The minimum Gasteiger partial charge on any atom is -0.392 e. The molecule has 0 aromatic rings. The predicted molar refractivity (Wildman–Crippen MR) is 57.6 cm³/mol. The van der Waals surface area contributed by atoms with Crippen LogP contribution in [-0.2, 0) is 9.59 Å². The molecule has 90 valence electrons. The number of aliphatic hydroxyl groups excluding tert-OH is 1. The first-order chi connectivity index (χ1) is 7.59. The molecule has 1 saturated carbocycles. The van der Waals surface area contributed by atoms with Gasteiger partial charge in [0.05, 0.1) is 18.6 Å². The van der Waals surface area contributed by atoms with Crippen molar-refractivity contribution in [2.24, 2.45) is 0 Å². The summed E-state index contributed by atoms with van der Waals surface area (Å²) in [6.07, 6.45) is 3.60. The van der Waals surface area contributed by atoms with Gasteiger partial charge in [0.2, 0.25) is 11.8 Å². The molecule has 16 heavy (non-hydrogen) atoms. The zero-order chi connectivity index (χ0) is 11.7. The predicted octanol–water partition coefficient (Wildman–Crippen LogP) is -0.363. The SMILES string of the molecule is CN1C(=O)CC(NC2CCCCC2O)C1=O. The van der Waals surface area contributed by atoms with E-state index in [9.17, 15) is 14.7 Å². The van der Waals surface area contributed by atoms with Crippen LogP contribution in [0.3, 0.4) is 0 Å². The van der Waals surface area contributed by atoms with Crippen LogP contribution >= 0.6 is 0 Å². The third-order valence-electron chi connectivity index (χ3n) is 3.53. The molecule has 1 aliphatic carbocycles. The Morgan fingerprint density at radius 2 is 2.00 bits per heavy atom. The van der Waals surface area contributed by atoms with Gasteiger partial charge in [0.1, 0.15) is 0 Å². The maximum Gasteiger partial charge on any atom is 0.246 e. The Balaban J connectivity index is 1.94. The normalized spacial score (nSPS) is 35.9. The van der Waals surface area contributed by atoms with Gasteiger partial charge >= 0.3 is 0 Å². The number of nitrogens with one attached hydrogen (secondary N) is 1. The molecule has 3 atom stereocenters. The molecular formula is C11H18N2O3. The Morgan fingerprint density at radius 1 is 1.31 bits per heavy atom. The van der Waals surface area contributed by atoms with Gasteiger partial charge in [-0.2, -0.15) is 0 Å². The number of aliphatic hydroxyl groups is 1. The minimum absolute atomic E-state index is 0.0398. The molecule has 2 rings (SSSR count). The fraction of sp³-hybridized carbons (Fsp3) is 0.818. The Morgan fingerprint density at radius 3 is 2.56 bits per heavy atom. The summed E-state index contributed by atoms with van der Waals surface area (Å²) in [5, 5.41) is 12.9. The molecular weight excluding hydrogens is 208 g/mol. The minimum atomic E-state index is -0.435. The number of imide groups is 1. The van der Waals surface area contributed by atoms with Crippen LogP contribution in [0.1, 0.15) is 32.1 Å². The lowest BCUT2D eigenvalue weighted by Gasteiger charge is -2.30. The van der Waals surface area contributed by atoms with Crippen LogP contribution in [0.2, 0.25) is 0 Å². The number of rotatable bonds is 2. The molecule has 0 bridgehead atoms. The van der Waals surface area contributed by atoms with Gasteiger partial charge in [-0.1, -0.05) is 12.8 Å². The Kier molecular flexibility index (Phi) is 3.25. The fourth-order valence-corrected chi connectivity index (χ4v) is 2.45. The highest BCUT2D eigenvalue weighted by molar-refractivity contribution is 6.05. The summed E-state index contributed by atoms with van der Waals surface area (Å²) in [6.45, 7) is 0. The van der Waals surface area contributed by atoms with E-state index >= 15 is 0 Å². The largest absolute Gasteiger partial charge is 0.392 e. The van der Waals surface area contributed by atoms with Gasteiger partial charge in [0.25, 0.3) is 0 Å². The Hall–Kier alpha value is -0.940. The number of nitrogens with zero attached hydrogens (tertiary/aromatic N) is 1. The highest BCUT2D eigenvalue weighted by atomic mass is 16.3. The van der Waals surface area contributed by atoms with E-state index in [0.29, 0.717) is 0 Å². The fourth-order valence-electron chi connectivity index (χ4n) is 2.45. The smallest absolute Gasteiger partial charge is 0.246 e. The van der Waals surface area contributed by atoms with Crippen LogP contribution in [-0.4, -0.2) is 47.1 Å². The van der Waals surface area contributed by atoms with E-state index in [1.54, 1.807) is 0 Å². The average Bonchev–Trinajstić information content (AvgIpc) is 2.50. The second-order valence-corrected chi connectivity index (χ2v) is 4.67. The van der Waals surface area contributed by atoms with Crippen molar-refractivity contribution < 1.29 is 14.7 Å². The van der Waals surface area contributed by atoms with Crippen molar-refractivity contribution in [3.63, 3.8) is 0 Å². The highest BCUT2D eigenvalue weighted by Crippen LogP contribution is 2.20. The molecule has 0 aromatic heterocycles. The van der Waals surface area contributed by atoms with Gasteiger partial charge < -0.3 is 10.4 Å². The van der Waals surface area contributed by atoms with Gasteiger partial charge in [-0.25, -0.2) is 0 Å². The molecule has 2 fully saturated rings. The molecule has 2 amide bonds. The maximum absolute atomic E-state index is 11.7. The summed E-state index contributed by atoms with van der Waals surface area (Å²) in [4.78, 5) is 24.1. The van der Waals surface area contributed by atoms with Crippen LogP contribution < -0.4 is 5.32 Å². The number of hydrogen-bond donors (Lipinski definition) is 2. The number of likely N-dealkylation sites (tertiary alicyclic amines) is 1. The summed E-state index contributed by atoms with van der Waals surface area (Å²) >= 11 is 0. The number of hydrogen-bond acceptors (Lipinski definition) is 4. The van der Waals surface area contributed by atoms with Crippen molar-refractivity contribution in [3.05, 3.63) is 0 Å². The molecule has 2 N–H and O–H groups in total. The van der Waals surface area contributed by atoms with Crippen molar-refractivity contribution in [1.29, 1.82) is 0 Å². The first-order valence-corrected chi connectivity index (χ1v) is 5.84. The van der Waals surface area contributed by atoms with Crippen molar-refractivity contribution >= 4 is 11.8 Å². The molecule has 0 spiro atoms. The van der Waals surface area contributed by atoms with Crippen molar-refractivity contribution in [1.82, 2.24) is 10.2 Å². The number of amides is 2. The third-order valence-corrected chi connectivity index (χ3v) is 3.53. The molecule has 1 aliphatic heterocycles. The standard InChI is InChI=1S/C11H18N2O3/c1-13-10(15)6-8(11(13)16)12-7-4-2-3-5-9(7)14/h7-9,12,14H,2-6H2,1H3. The Labute approximate surface area is 94.8 Å². The van der Waals surface area contributed by atoms with E-state index in [-0.39, 0.29) is 30.4 Å². The van der Waals surface area contributed by atoms with Crippen molar-refractivity contribution in [2.45, 2.75) is 50.3 Å². The van der Waals surface area contributed by atoms with Crippen LogP contribution in [0.4, 0.5) is 0 Å². The van der Waals surface area contributed by atoms with Gasteiger partial charge in [0.15, 0.2) is 0 Å². The van der Waals surface area contributed by atoms with Crippen LogP contribution in [0.25, 0.3) is 0 Å². The first kappa shape index (κ1) is 11.5. The lowest BCUT2D eigenvalue weighted by atomic mass is 9.92. The highest BCUT2D eigenvalue weighted by Gasteiger charge is 2.38. The summed E-state index contributed by atoms with van der Waals surface area (Å²) < 4.78 is 0. The average molecular weight is 226 g/mol. The topological polar surface area (TPSA) is 69.6 Å². The molecule has 5 nitrogen and oxygen atoms in total. The van der Waals surface area contributed by atoms with Crippen molar-refractivity contribution in [3.8, 4) is 0 Å².